The van der Waals surface area contributed by atoms with Gasteiger partial charge in [-0.15, -0.1) is 11.6 Å². The molecule has 0 saturated heterocycles. The van der Waals surface area contributed by atoms with Crippen molar-refractivity contribution in [3.05, 3.63) is 53.0 Å². The summed E-state index contributed by atoms with van der Waals surface area (Å²) in [6, 6.07) is 8.21. The van der Waals surface area contributed by atoms with Crippen molar-refractivity contribution in [2.75, 3.05) is 5.32 Å². The van der Waals surface area contributed by atoms with Gasteiger partial charge in [0.05, 0.1) is 17.6 Å². The van der Waals surface area contributed by atoms with E-state index in [-0.39, 0.29) is 0 Å². The highest BCUT2D eigenvalue weighted by Gasteiger charge is 1.99. The van der Waals surface area contributed by atoms with Crippen molar-refractivity contribution in [3.8, 4) is 0 Å². The second-order valence-electron chi connectivity index (χ2n) is 4.23. The van der Waals surface area contributed by atoms with Gasteiger partial charge in [-0.1, -0.05) is 24.3 Å². The van der Waals surface area contributed by atoms with Gasteiger partial charge in [-0.25, -0.2) is 4.98 Å². The quantitative estimate of drug-likeness (QED) is 0.857. The van der Waals surface area contributed by atoms with Crippen LogP contribution in [-0.2, 0) is 12.4 Å². The fraction of sp³-hybridized carbons (Fsp3) is 0.286. The van der Waals surface area contributed by atoms with Crippen LogP contribution in [0.15, 0.2) is 30.5 Å². The van der Waals surface area contributed by atoms with Crippen molar-refractivity contribution in [2.24, 2.45) is 0 Å². The number of aromatic nitrogens is 2. The van der Waals surface area contributed by atoms with Crippen molar-refractivity contribution in [1.29, 1.82) is 0 Å². The molecule has 2 rings (SSSR count). The molecule has 1 N–H and O–H groups in total. The molecule has 4 heteroatoms. The first-order chi connectivity index (χ1) is 8.69. The fourth-order valence-electron chi connectivity index (χ4n) is 1.57. The highest BCUT2D eigenvalue weighted by molar-refractivity contribution is 6.17. The zero-order valence-electron chi connectivity index (χ0n) is 10.6. The summed E-state index contributed by atoms with van der Waals surface area (Å²) in [6.45, 7) is 4.65. The Balaban J connectivity index is 1.99. The second-order valence-corrected chi connectivity index (χ2v) is 4.50. The molecule has 2 aromatic rings. The summed E-state index contributed by atoms with van der Waals surface area (Å²) in [4.78, 5) is 8.70. The van der Waals surface area contributed by atoms with Gasteiger partial charge in [-0.3, -0.25) is 4.98 Å². The topological polar surface area (TPSA) is 37.8 Å². The van der Waals surface area contributed by atoms with Crippen LogP contribution in [0.5, 0.6) is 0 Å². The minimum absolute atomic E-state index is 0.552. The number of nitrogens with one attached hydrogen (secondary N) is 1. The number of hydrogen-bond acceptors (Lipinski definition) is 3. The number of rotatable bonds is 4. The summed E-state index contributed by atoms with van der Waals surface area (Å²) < 4.78 is 0. The van der Waals surface area contributed by atoms with Crippen molar-refractivity contribution in [3.63, 3.8) is 0 Å². The average Bonchev–Trinajstić information content (AvgIpc) is 2.41. The Morgan fingerprint density at radius 3 is 2.33 bits per heavy atom. The minimum atomic E-state index is 0.552. The SMILES string of the molecule is Cc1ncc(NCc2ccc(CCl)cc2)nc1C. The molecule has 0 spiro atoms. The van der Waals surface area contributed by atoms with Crippen LogP contribution in [0.25, 0.3) is 0 Å². The molecule has 0 amide bonds. The maximum absolute atomic E-state index is 5.75. The van der Waals surface area contributed by atoms with Gasteiger partial charge >= 0.3 is 0 Å². The molecule has 0 saturated carbocycles. The number of halogens is 1. The van der Waals surface area contributed by atoms with Crippen LogP contribution in [0.3, 0.4) is 0 Å². The zero-order valence-corrected chi connectivity index (χ0v) is 11.3. The molecule has 1 aromatic carbocycles. The van der Waals surface area contributed by atoms with E-state index >= 15 is 0 Å². The van der Waals surface area contributed by atoms with Crippen LogP contribution >= 0.6 is 11.6 Å². The largest absolute Gasteiger partial charge is 0.365 e. The molecule has 0 atom stereocenters. The summed E-state index contributed by atoms with van der Waals surface area (Å²) in [5.74, 6) is 1.36. The van der Waals surface area contributed by atoms with E-state index in [2.05, 4.69) is 27.4 Å². The summed E-state index contributed by atoms with van der Waals surface area (Å²) in [6.07, 6.45) is 1.76. The van der Waals surface area contributed by atoms with Crippen LogP contribution in [0, 0.1) is 13.8 Å². The first kappa shape index (κ1) is 12.8. The second kappa shape index (κ2) is 5.83. The Bertz CT molecular complexity index is 523. The molecule has 1 heterocycles. The number of benzene rings is 1. The Morgan fingerprint density at radius 1 is 1.06 bits per heavy atom. The highest BCUT2D eigenvalue weighted by Crippen LogP contribution is 2.10. The molecule has 0 aliphatic rings. The Labute approximate surface area is 112 Å². The lowest BCUT2D eigenvalue weighted by Crippen LogP contribution is -2.03. The van der Waals surface area contributed by atoms with Gasteiger partial charge in [0.1, 0.15) is 5.82 Å². The van der Waals surface area contributed by atoms with Gasteiger partial charge in [0.25, 0.3) is 0 Å². The van der Waals surface area contributed by atoms with Gasteiger partial charge in [0.2, 0.25) is 0 Å². The number of hydrogen-bond donors (Lipinski definition) is 1. The predicted molar refractivity (Wildman–Crippen MR) is 74.8 cm³/mol. The predicted octanol–water partition coefficient (Wildman–Crippen LogP) is 3.44. The molecule has 0 unspecified atom stereocenters. The standard InChI is InChI=1S/C14H16ClN3/c1-10-11(2)18-14(9-16-10)17-8-13-5-3-12(7-15)4-6-13/h3-6,9H,7-8H2,1-2H3,(H,17,18). The Kier molecular flexibility index (Phi) is 4.15. The maximum atomic E-state index is 5.75. The summed E-state index contributed by atoms with van der Waals surface area (Å²) in [5, 5.41) is 3.26. The van der Waals surface area contributed by atoms with Gasteiger partial charge in [-0.05, 0) is 25.0 Å². The molecule has 0 aliphatic carbocycles. The summed E-state index contributed by atoms with van der Waals surface area (Å²) >= 11 is 5.75. The smallest absolute Gasteiger partial charge is 0.145 e. The molecular weight excluding hydrogens is 246 g/mol. The van der Waals surface area contributed by atoms with Crippen molar-refractivity contribution >= 4 is 17.4 Å². The minimum Gasteiger partial charge on any atom is -0.365 e. The van der Waals surface area contributed by atoms with E-state index < -0.39 is 0 Å². The van der Waals surface area contributed by atoms with Crippen LogP contribution in [-0.4, -0.2) is 9.97 Å². The molecule has 0 aliphatic heterocycles. The highest BCUT2D eigenvalue weighted by atomic mass is 35.5. The lowest BCUT2D eigenvalue weighted by atomic mass is 10.1. The molecule has 0 fully saturated rings. The van der Waals surface area contributed by atoms with E-state index in [0.29, 0.717) is 5.88 Å². The normalized spacial score (nSPS) is 10.4. The van der Waals surface area contributed by atoms with E-state index in [1.54, 1.807) is 6.20 Å². The molecule has 3 nitrogen and oxygen atoms in total. The molecular formula is C14H16ClN3. The van der Waals surface area contributed by atoms with Gasteiger partial charge in [0.15, 0.2) is 0 Å². The number of aryl methyl sites for hydroxylation is 2. The van der Waals surface area contributed by atoms with Crippen LogP contribution < -0.4 is 5.32 Å². The molecule has 0 radical (unpaired) electrons. The monoisotopic (exact) mass is 261 g/mol. The van der Waals surface area contributed by atoms with E-state index in [4.69, 9.17) is 11.6 Å². The zero-order chi connectivity index (χ0) is 13.0. The van der Waals surface area contributed by atoms with E-state index in [1.807, 2.05) is 26.0 Å². The lowest BCUT2D eigenvalue weighted by molar-refractivity contribution is 1.02. The van der Waals surface area contributed by atoms with Gasteiger partial charge < -0.3 is 5.32 Å². The van der Waals surface area contributed by atoms with Crippen LogP contribution in [0.1, 0.15) is 22.5 Å². The van der Waals surface area contributed by atoms with Crippen molar-refractivity contribution in [2.45, 2.75) is 26.3 Å². The average molecular weight is 262 g/mol. The number of anilines is 1. The Hall–Kier alpha value is -1.61. The van der Waals surface area contributed by atoms with Crippen LogP contribution in [0.4, 0.5) is 5.82 Å². The third-order valence-electron chi connectivity index (χ3n) is 2.84. The van der Waals surface area contributed by atoms with Crippen LogP contribution in [0.2, 0.25) is 0 Å². The molecule has 94 valence electrons. The molecule has 0 bridgehead atoms. The number of alkyl halides is 1. The maximum Gasteiger partial charge on any atom is 0.145 e. The third kappa shape index (κ3) is 3.20. The first-order valence-corrected chi connectivity index (χ1v) is 6.40. The first-order valence-electron chi connectivity index (χ1n) is 5.87. The lowest BCUT2D eigenvalue weighted by Gasteiger charge is -2.07. The number of nitrogens with zero attached hydrogens (tertiary/aromatic N) is 2. The van der Waals surface area contributed by atoms with Crippen molar-refractivity contribution < 1.29 is 0 Å². The fourth-order valence-corrected chi connectivity index (χ4v) is 1.74. The van der Waals surface area contributed by atoms with Gasteiger partial charge in [0, 0.05) is 12.4 Å². The van der Waals surface area contributed by atoms with E-state index in [9.17, 15) is 0 Å². The van der Waals surface area contributed by atoms with E-state index in [0.717, 1.165) is 29.3 Å². The Morgan fingerprint density at radius 2 is 1.72 bits per heavy atom. The van der Waals surface area contributed by atoms with E-state index in [1.165, 1.54) is 5.56 Å². The summed E-state index contributed by atoms with van der Waals surface area (Å²) in [5.41, 5.74) is 4.25. The molecule has 1 aromatic heterocycles. The van der Waals surface area contributed by atoms with Crippen molar-refractivity contribution in [1.82, 2.24) is 9.97 Å². The molecule has 18 heavy (non-hydrogen) atoms. The van der Waals surface area contributed by atoms with Gasteiger partial charge in [-0.2, -0.15) is 0 Å². The third-order valence-corrected chi connectivity index (χ3v) is 3.15. The summed E-state index contributed by atoms with van der Waals surface area (Å²) in [7, 11) is 0.